The molecule has 1 fully saturated rings. The van der Waals surface area contributed by atoms with Crippen LogP contribution in [-0.2, 0) is 4.74 Å². The normalized spacial score (nSPS) is 23.4. The van der Waals surface area contributed by atoms with E-state index in [-0.39, 0.29) is 18.8 Å². The van der Waals surface area contributed by atoms with Crippen LogP contribution < -0.4 is 10.6 Å². The number of hydrogen-bond donors (Lipinski definition) is 2. The summed E-state index contributed by atoms with van der Waals surface area (Å²) in [5.74, 6) is 0. The van der Waals surface area contributed by atoms with Gasteiger partial charge in [0.2, 0.25) is 0 Å². The Bertz CT molecular complexity index is 484. The summed E-state index contributed by atoms with van der Waals surface area (Å²) in [6, 6.07) is 6.18. The van der Waals surface area contributed by atoms with Crippen LogP contribution in [-0.4, -0.2) is 42.0 Å². The van der Waals surface area contributed by atoms with Crippen molar-refractivity contribution in [3.8, 4) is 0 Å². The van der Waals surface area contributed by atoms with Gasteiger partial charge < -0.3 is 20.5 Å². The maximum Gasteiger partial charge on any atom is 0.105 e. The number of thiocarbonyl (C=S) groups is 1. The number of nitrogens with zero attached hydrogens (tertiary/aromatic N) is 1. The van der Waals surface area contributed by atoms with Crippen LogP contribution in [0.25, 0.3) is 0 Å². The lowest BCUT2D eigenvalue weighted by molar-refractivity contribution is -0.0103. The van der Waals surface area contributed by atoms with Gasteiger partial charge in [0.15, 0.2) is 0 Å². The number of benzene rings is 1. The number of anilines is 1. The molecule has 1 saturated heterocycles. The SMILES string of the molecule is CC1COC(CO)CN1c1ccc(C(N)=S)c(Br)c1. The van der Waals surface area contributed by atoms with E-state index >= 15 is 0 Å². The first-order valence-electron chi connectivity index (χ1n) is 6.11. The molecule has 0 radical (unpaired) electrons. The molecule has 0 spiro atoms. The Hall–Kier alpha value is -0.690. The fourth-order valence-corrected chi connectivity index (χ4v) is 3.06. The van der Waals surface area contributed by atoms with Crippen molar-refractivity contribution in [2.24, 2.45) is 5.73 Å². The zero-order valence-electron chi connectivity index (χ0n) is 10.7. The molecule has 0 bridgehead atoms. The first-order valence-corrected chi connectivity index (χ1v) is 7.31. The first-order chi connectivity index (χ1) is 9.02. The average molecular weight is 345 g/mol. The van der Waals surface area contributed by atoms with Gasteiger partial charge in [0.1, 0.15) is 4.99 Å². The quantitative estimate of drug-likeness (QED) is 0.817. The zero-order valence-corrected chi connectivity index (χ0v) is 13.1. The van der Waals surface area contributed by atoms with E-state index in [4.69, 9.17) is 22.7 Å². The third kappa shape index (κ3) is 3.25. The molecule has 19 heavy (non-hydrogen) atoms. The minimum absolute atomic E-state index is 0.0371. The van der Waals surface area contributed by atoms with Gasteiger partial charge in [0, 0.05) is 28.3 Å². The van der Waals surface area contributed by atoms with Crippen molar-refractivity contribution in [2.75, 3.05) is 24.7 Å². The van der Waals surface area contributed by atoms with E-state index in [1.54, 1.807) is 0 Å². The Balaban J connectivity index is 2.25. The summed E-state index contributed by atoms with van der Waals surface area (Å²) < 4.78 is 6.42. The summed E-state index contributed by atoms with van der Waals surface area (Å²) >= 11 is 8.48. The van der Waals surface area contributed by atoms with Crippen molar-refractivity contribution in [1.82, 2.24) is 0 Å². The highest BCUT2D eigenvalue weighted by atomic mass is 79.9. The molecule has 1 aliphatic rings. The maximum atomic E-state index is 9.22. The van der Waals surface area contributed by atoms with Crippen LogP contribution in [0.1, 0.15) is 12.5 Å². The smallest absolute Gasteiger partial charge is 0.105 e. The standard InChI is InChI=1S/C13H17BrN2O2S/c1-8-7-18-10(6-17)5-16(8)9-2-3-11(13(15)19)12(14)4-9/h2-4,8,10,17H,5-7H2,1H3,(H2,15,19). The van der Waals surface area contributed by atoms with Gasteiger partial charge in [-0.25, -0.2) is 0 Å². The molecule has 2 rings (SSSR count). The van der Waals surface area contributed by atoms with Gasteiger partial charge in [0.05, 0.1) is 19.3 Å². The number of aliphatic hydroxyl groups is 1. The van der Waals surface area contributed by atoms with E-state index in [1.807, 2.05) is 18.2 Å². The molecule has 1 heterocycles. The molecule has 0 aliphatic carbocycles. The second kappa shape index (κ2) is 6.17. The van der Waals surface area contributed by atoms with Gasteiger partial charge in [-0.1, -0.05) is 12.2 Å². The largest absolute Gasteiger partial charge is 0.394 e. The number of halogens is 1. The van der Waals surface area contributed by atoms with Crippen molar-refractivity contribution in [2.45, 2.75) is 19.1 Å². The number of nitrogens with two attached hydrogens (primary N) is 1. The molecule has 6 heteroatoms. The number of hydrogen-bond acceptors (Lipinski definition) is 4. The second-order valence-corrected chi connectivity index (χ2v) is 5.96. The third-order valence-corrected chi connectivity index (χ3v) is 4.13. The Morgan fingerprint density at radius 2 is 2.37 bits per heavy atom. The van der Waals surface area contributed by atoms with Gasteiger partial charge in [-0.05, 0) is 41.1 Å². The molecule has 2 unspecified atom stereocenters. The minimum Gasteiger partial charge on any atom is -0.394 e. The fourth-order valence-electron chi connectivity index (χ4n) is 2.17. The average Bonchev–Trinajstić information content (AvgIpc) is 2.38. The van der Waals surface area contributed by atoms with Gasteiger partial charge in [-0.2, -0.15) is 0 Å². The van der Waals surface area contributed by atoms with E-state index in [2.05, 4.69) is 27.8 Å². The van der Waals surface area contributed by atoms with Crippen molar-refractivity contribution in [3.63, 3.8) is 0 Å². The van der Waals surface area contributed by atoms with Crippen LogP contribution in [0.5, 0.6) is 0 Å². The molecule has 0 saturated carbocycles. The molecule has 3 N–H and O–H groups in total. The van der Waals surface area contributed by atoms with Crippen LogP contribution in [0.3, 0.4) is 0 Å². The predicted octanol–water partition coefficient (Wildman–Crippen LogP) is 1.67. The van der Waals surface area contributed by atoms with E-state index in [0.29, 0.717) is 18.1 Å². The summed E-state index contributed by atoms with van der Waals surface area (Å²) in [4.78, 5) is 2.60. The number of rotatable bonds is 3. The summed E-state index contributed by atoms with van der Waals surface area (Å²) in [6.07, 6.45) is -0.134. The van der Waals surface area contributed by atoms with Gasteiger partial charge in [0.25, 0.3) is 0 Å². The Morgan fingerprint density at radius 1 is 1.63 bits per heavy atom. The first kappa shape index (κ1) is 14.7. The third-order valence-electron chi connectivity index (χ3n) is 3.26. The number of aliphatic hydroxyl groups excluding tert-OH is 1. The molecule has 1 aromatic rings. The van der Waals surface area contributed by atoms with Crippen molar-refractivity contribution >= 4 is 38.8 Å². The highest BCUT2D eigenvalue weighted by Gasteiger charge is 2.26. The molecular weight excluding hydrogens is 328 g/mol. The summed E-state index contributed by atoms with van der Waals surface area (Å²) in [5.41, 5.74) is 7.55. The van der Waals surface area contributed by atoms with Gasteiger partial charge >= 0.3 is 0 Å². The lowest BCUT2D eigenvalue weighted by Crippen LogP contribution is -2.49. The lowest BCUT2D eigenvalue weighted by Gasteiger charge is -2.39. The van der Waals surface area contributed by atoms with E-state index in [9.17, 15) is 5.11 Å². The van der Waals surface area contributed by atoms with Crippen LogP contribution in [0.4, 0.5) is 5.69 Å². The van der Waals surface area contributed by atoms with Crippen LogP contribution in [0, 0.1) is 0 Å². The molecule has 4 nitrogen and oxygen atoms in total. The number of ether oxygens (including phenoxy) is 1. The fraction of sp³-hybridized carbons (Fsp3) is 0.462. The summed E-state index contributed by atoms with van der Waals surface area (Å²) in [7, 11) is 0. The Labute approximate surface area is 126 Å². The number of morpholine rings is 1. The molecule has 0 aromatic heterocycles. The molecule has 0 amide bonds. The minimum atomic E-state index is -0.134. The van der Waals surface area contributed by atoms with Crippen LogP contribution in [0.2, 0.25) is 0 Å². The highest BCUT2D eigenvalue weighted by molar-refractivity contribution is 9.10. The molecule has 1 aliphatic heterocycles. The predicted molar refractivity (Wildman–Crippen MR) is 83.7 cm³/mol. The lowest BCUT2D eigenvalue weighted by atomic mass is 10.1. The molecule has 104 valence electrons. The topological polar surface area (TPSA) is 58.7 Å². The van der Waals surface area contributed by atoms with Crippen molar-refractivity contribution in [3.05, 3.63) is 28.2 Å². The van der Waals surface area contributed by atoms with E-state index < -0.39 is 0 Å². The monoisotopic (exact) mass is 344 g/mol. The van der Waals surface area contributed by atoms with Crippen molar-refractivity contribution in [1.29, 1.82) is 0 Å². The van der Waals surface area contributed by atoms with Crippen LogP contribution in [0.15, 0.2) is 22.7 Å². The molecular formula is C13H17BrN2O2S. The molecule has 1 aromatic carbocycles. The zero-order chi connectivity index (χ0) is 14.0. The second-order valence-electron chi connectivity index (χ2n) is 4.67. The highest BCUT2D eigenvalue weighted by Crippen LogP contribution is 2.27. The van der Waals surface area contributed by atoms with Crippen LogP contribution >= 0.6 is 28.1 Å². The molecule has 2 atom stereocenters. The Morgan fingerprint density at radius 3 is 2.95 bits per heavy atom. The summed E-state index contributed by atoms with van der Waals surface area (Å²) in [5, 5.41) is 9.22. The van der Waals surface area contributed by atoms with Crippen molar-refractivity contribution < 1.29 is 9.84 Å². The Kier molecular flexibility index (Phi) is 4.78. The maximum absolute atomic E-state index is 9.22. The van der Waals surface area contributed by atoms with Gasteiger partial charge in [-0.3, -0.25) is 0 Å². The summed E-state index contributed by atoms with van der Waals surface area (Å²) in [6.45, 7) is 3.43. The van der Waals surface area contributed by atoms with E-state index in [1.165, 1.54) is 0 Å². The van der Waals surface area contributed by atoms with Gasteiger partial charge in [-0.15, -0.1) is 0 Å². The van der Waals surface area contributed by atoms with E-state index in [0.717, 1.165) is 15.7 Å².